The Bertz CT molecular complexity index is 576. The van der Waals surface area contributed by atoms with Crippen molar-refractivity contribution in [1.82, 2.24) is 0 Å². The lowest BCUT2D eigenvalue weighted by Crippen LogP contribution is -1.91. The van der Waals surface area contributed by atoms with E-state index < -0.39 is 0 Å². The fourth-order valence-corrected chi connectivity index (χ4v) is 2.84. The standard InChI is InChI=1S/C13H7BrCl3F/c14-6-9-8(2-1-3-12(9)18)7-4-10(15)13(17)11(16)5-7/h1-5H,6H2. The molecule has 0 heterocycles. The Hall–Kier alpha value is -0.280. The summed E-state index contributed by atoms with van der Waals surface area (Å²) in [6.07, 6.45) is 0. The molecule has 0 aliphatic carbocycles. The summed E-state index contributed by atoms with van der Waals surface area (Å²) in [5.41, 5.74) is 2.04. The Kier molecular flexibility index (Phi) is 4.54. The van der Waals surface area contributed by atoms with E-state index in [9.17, 15) is 4.39 Å². The van der Waals surface area contributed by atoms with Gasteiger partial charge in [-0.3, -0.25) is 0 Å². The molecule has 2 rings (SSSR count). The molecule has 0 fully saturated rings. The number of hydrogen-bond donors (Lipinski definition) is 0. The second kappa shape index (κ2) is 5.79. The summed E-state index contributed by atoms with van der Waals surface area (Å²) in [6, 6.07) is 8.23. The third kappa shape index (κ3) is 2.67. The van der Waals surface area contributed by atoms with E-state index in [1.165, 1.54) is 6.07 Å². The second-order valence-electron chi connectivity index (χ2n) is 3.65. The van der Waals surface area contributed by atoms with Crippen molar-refractivity contribution in [3.63, 3.8) is 0 Å². The average Bonchev–Trinajstić information content (AvgIpc) is 2.35. The van der Waals surface area contributed by atoms with Gasteiger partial charge in [-0.2, -0.15) is 0 Å². The van der Waals surface area contributed by atoms with Gasteiger partial charge in [0.25, 0.3) is 0 Å². The van der Waals surface area contributed by atoms with Gasteiger partial charge in [0.2, 0.25) is 0 Å². The first kappa shape index (κ1) is 14.1. The van der Waals surface area contributed by atoms with Gasteiger partial charge in [0.05, 0.1) is 15.1 Å². The minimum atomic E-state index is -0.272. The molecular formula is C13H7BrCl3F. The first-order valence-electron chi connectivity index (χ1n) is 5.03. The van der Waals surface area contributed by atoms with Crippen molar-refractivity contribution in [3.05, 3.63) is 56.8 Å². The third-order valence-corrected chi connectivity index (χ3v) is 4.30. The maximum atomic E-state index is 13.7. The van der Waals surface area contributed by atoms with Gasteiger partial charge >= 0.3 is 0 Å². The first-order chi connectivity index (χ1) is 8.54. The Morgan fingerprint density at radius 1 is 1.06 bits per heavy atom. The van der Waals surface area contributed by atoms with Crippen LogP contribution in [0.5, 0.6) is 0 Å². The number of alkyl halides is 1. The number of hydrogen-bond acceptors (Lipinski definition) is 0. The third-order valence-electron chi connectivity index (χ3n) is 2.55. The SMILES string of the molecule is Fc1cccc(-c2cc(Cl)c(Cl)c(Cl)c2)c1CBr. The molecule has 2 aromatic rings. The van der Waals surface area contributed by atoms with Crippen LogP contribution in [0.2, 0.25) is 15.1 Å². The van der Waals surface area contributed by atoms with Crippen molar-refractivity contribution >= 4 is 50.7 Å². The number of rotatable bonds is 2. The summed E-state index contributed by atoms with van der Waals surface area (Å²) in [5.74, 6) is -0.272. The van der Waals surface area contributed by atoms with Crippen LogP contribution in [-0.4, -0.2) is 0 Å². The second-order valence-corrected chi connectivity index (χ2v) is 5.41. The summed E-state index contributed by atoms with van der Waals surface area (Å²) in [4.78, 5) is 0. The molecule has 0 nitrogen and oxygen atoms in total. The fourth-order valence-electron chi connectivity index (χ4n) is 1.68. The molecular weight excluding hydrogens is 361 g/mol. The van der Waals surface area contributed by atoms with Gasteiger partial charge in [-0.15, -0.1) is 0 Å². The average molecular weight is 368 g/mol. The highest BCUT2D eigenvalue weighted by Gasteiger charge is 2.12. The molecule has 5 heteroatoms. The molecule has 94 valence electrons. The maximum Gasteiger partial charge on any atom is 0.127 e. The number of halogens is 5. The maximum absolute atomic E-state index is 13.7. The van der Waals surface area contributed by atoms with Crippen molar-refractivity contribution in [2.24, 2.45) is 0 Å². The molecule has 0 radical (unpaired) electrons. The van der Waals surface area contributed by atoms with E-state index in [4.69, 9.17) is 34.8 Å². The molecule has 0 amide bonds. The molecule has 2 aromatic carbocycles. The molecule has 0 aliphatic rings. The summed E-state index contributed by atoms with van der Waals surface area (Å²) < 4.78 is 13.7. The highest BCUT2D eigenvalue weighted by Crippen LogP contribution is 2.37. The van der Waals surface area contributed by atoms with Crippen LogP contribution in [0.4, 0.5) is 4.39 Å². The number of benzene rings is 2. The van der Waals surface area contributed by atoms with Crippen LogP contribution in [0.3, 0.4) is 0 Å². The summed E-state index contributed by atoms with van der Waals surface area (Å²) in [6.45, 7) is 0. The van der Waals surface area contributed by atoms with Crippen LogP contribution in [0.25, 0.3) is 11.1 Å². The van der Waals surface area contributed by atoms with E-state index in [-0.39, 0.29) is 5.82 Å². The zero-order chi connectivity index (χ0) is 13.3. The molecule has 0 bridgehead atoms. The van der Waals surface area contributed by atoms with E-state index in [1.807, 2.05) is 6.07 Å². The molecule has 0 N–H and O–H groups in total. The highest BCUT2D eigenvalue weighted by atomic mass is 79.9. The van der Waals surface area contributed by atoms with Gasteiger partial charge in [-0.25, -0.2) is 4.39 Å². The minimum absolute atomic E-state index is 0.272. The van der Waals surface area contributed by atoms with E-state index >= 15 is 0 Å². The molecule has 0 unspecified atom stereocenters. The molecule has 0 spiro atoms. The Morgan fingerprint density at radius 2 is 1.67 bits per heavy atom. The van der Waals surface area contributed by atoms with Gasteiger partial charge in [0.15, 0.2) is 0 Å². The van der Waals surface area contributed by atoms with Crippen LogP contribution in [0.15, 0.2) is 30.3 Å². The first-order valence-corrected chi connectivity index (χ1v) is 7.28. The van der Waals surface area contributed by atoms with Gasteiger partial charge < -0.3 is 0 Å². The topological polar surface area (TPSA) is 0 Å². The summed E-state index contributed by atoms with van der Waals surface area (Å²) >= 11 is 21.1. The van der Waals surface area contributed by atoms with Gasteiger partial charge in [0.1, 0.15) is 5.82 Å². The lowest BCUT2D eigenvalue weighted by Gasteiger charge is -2.10. The quantitative estimate of drug-likeness (QED) is 0.428. The van der Waals surface area contributed by atoms with Crippen molar-refractivity contribution in [2.45, 2.75) is 5.33 Å². The van der Waals surface area contributed by atoms with E-state index in [1.54, 1.807) is 18.2 Å². The smallest absolute Gasteiger partial charge is 0.127 e. The van der Waals surface area contributed by atoms with Crippen LogP contribution in [0, 0.1) is 5.82 Å². The monoisotopic (exact) mass is 366 g/mol. The van der Waals surface area contributed by atoms with Gasteiger partial charge in [0, 0.05) is 10.9 Å². The van der Waals surface area contributed by atoms with Gasteiger partial charge in [-0.05, 0) is 29.3 Å². The fraction of sp³-hybridized carbons (Fsp3) is 0.0769. The van der Waals surface area contributed by atoms with Crippen LogP contribution >= 0.6 is 50.7 Å². The lowest BCUT2D eigenvalue weighted by atomic mass is 10.0. The van der Waals surface area contributed by atoms with Crippen molar-refractivity contribution in [3.8, 4) is 11.1 Å². The minimum Gasteiger partial charge on any atom is -0.207 e. The summed E-state index contributed by atoms with van der Waals surface area (Å²) in [5, 5.41) is 1.42. The van der Waals surface area contributed by atoms with Crippen LogP contribution in [0.1, 0.15) is 5.56 Å². The van der Waals surface area contributed by atoms with Crippen molar-refractivity contribution < 1.29 is 4.39 Å². The molecule has 0 saturated carbocycles. The highest BCUT2D eigenvalue weighted by molar-refractivity contribution is 9.08. The van der Waals surface area contributed by atoms with E-state index in [0.717, 1.165) is 11.1 Å². The largest absolute Gasteiger partial charge is 0.207 e. The Morgan fingerprint density at radius 3 is 2.22 bits per heavy atom. The van der Waals surface area contributed by atoms with Crippen molar-refractivity contribution in [2.75, 3.05) is 0 Å². The zero-order valence-corrected chi connectivity index (χ0v) is 12.8. The Labute approximate surface area is 128 Å². The van der Waals surface area contributed by atoms with E-state index in [0.29, 0.717) is 26.0 Å². The van der Waals surface area contributed by atoms with Gasteiger partial charge in [-0.1, -0.05) is 62.9 Å². The Balaban J connectivity index is 2.66. The van der Waals surface area contributed by atoms with Crippen LogP contribution in [-0.2, 0) is 5.33 Å². The molecule has 0 saturated heterocycles. The zero-order valence-electron chi connectivity index (χ0n) is 8.98. The van der Waals surface area contributed by atoms with E-state index in [2.05, 4.69) is 15.9 Å². The lowest BCUT2D eigenvalue weighted by molar-refractivity contribution is 0.618. The molecule has 0 aliphatic heterocycles. The molecule has 18 heavy (non-hydrogen) atoms. The summed E-state index contributed by atoms with van der Waals surface area (Å²) in [7, 11) is 0. The predicted molar refractivity (Wildman–Crippen MR) is 79.5 cm³/mol. The normalized spacial score (nSPS) is 10.7. The predicted octanol–water partition coefficient (Wildman–Crippen LogP) is 6.35. The van der Waals surface area contributed by atoms with Crippen molar-refractivity contribution in [1.29, 1.82) is 0 Å². The molecule has 0 atom stereocenters. The van der Waals surface area contributed by atoms with Crippen LogP contribution < -0.4 is 0 Å². The molecule has 0 aromatic heterocycles.